The molecule has 18 heavy (non-hydrogen) atoms. The van der Waals surface area contributed by atoms with Crippen molar-refractivity contribution < 1.29 is 4.92 Å². The van der Waals surface area contributed by atoms with Crippen LogP contribution in [0.5, 0.6) is 0 Å². The van der Waals surface area contributed by atoms with Crippen LogP contribution in [0.15, 0.2) is 36.5 Å². The van der Waals surface area contributed by atoms with Gasteiger partial charge in [-0.3, -0.25) is 15.1 Å². The van der Waals surface area contributed by atoms with Crippen LogP contribution in [0.4, 0.5) is 22.7 Å². The van der Waals surface area contributed by atoms with Gasteiger partial charge in [0, 0.05) is 18.0 Å². The molecule has 0 atom stereocenters. The molecule has 3 N–H and O–H groups in total. The van der Waals surface area contributed by atoms with E-state index in [0.29, 0.717) is 5.69 Å². The van der Waals surface area contributed by atoms with Gasteiger partial charge in [0.1, 0.15) is 5.69 Å². The van der Waals surface area contributed by atoms with Crippen LogP contribution < -0.4 is 11.1 Å². The molecule has 2 aromatic rings. The van der Waals surface area contributed by atoms with E-state index in [4.69, 9.17) is 5.73 Å². The molecular formula is C12H12N4O2. The summed E-state index contributed by atoms with van der Waals surface area (Å²) in [5.74, 6) is 0. The third kappa shape index (κ3) is 2.37. The van der Waals surface area contributed by atoms with Crippen LogP contribution in [-0.4, -0.2) is 9.91 Å². The monoisotopic (exact) mass is 244 g/mol. The van der Waals surface area contributed by atoms with Crippen LogP contribution in [0.3, 0.4) is 0 Å². The van der Waals surface area contributed by atoms with Crippen molar-refractivity contribution in [2.75, 3.05) is 11.1 Å². The quantitative estimate of drug-likeness (QED) is 0.491. The Kier molecular flexibility index (Phi) is 3.09. The summed E-state index contributed by atoms with van der Waals surface area (Å²) in [6.07, 6.45) is 1.70. The minimum Gasteiger partial charge on any atom is -0.393 e. The fraction of sp³-hybridized carbons (Fsp3) is 0.0833. The van der Waals surface area contributed by atoms with Gasteiger partial charge >= 0.3 is 0 Å². The highest BCUT2D eigenvalue weighted by atomic mass is 16.6. The topological polar surface area (TPSA) is 94.1 Å². The molecule has 0 spiro atoms. The Bertz CT molecular complexity index is 598. The third-order valence-corrected chi connectivity index (χ3v) is 2.51. The van der Waals surface area contributed by atoms with Crippen LogP contribution in [0.2, 0.25) is 0 Å². The Hall–Kier alpha value is -2.63. The summed E-state index contributed by atoms with van der Waals surface area (Å²) in [5.41, 5.74) is 8.02. The van der Waals surface area contributed by atoms with Crippen molar-refractivity contribution >= 4 is 22.7 Å². The number of nitro groups is 1. The second kappa shape index (κ2) is 4.70. The highest BCUT2D eigenvalue weighted by molar-refractivity contribution is 5.70. The van der Waals surface area contributed by atoms with Gasteiger partial charge in [-0.1, -0.05) is 0 Å². The molecule has 2 rings (SSSR count). The molecule has 0 aliphatic heterocycles. The van der Waals surface area contributed by atoms with Crippen LogP contribution in [0.1, 0.15) is 5.69 Å². The molecule has 0 unspecified atom stereocenters. The maximum absolute atomic E-state index is 10.6. The number of pyridine rings is 1. The smallest absolute Gasteiger partial charge is 0.292 e. The molecule has 0 radical (unpaired) electrons. The Morgan fingerprint density at radius 1 is 1.39 bits per heavy atom. The second-order valence-corrected chi connectivity index (χ2v) is 3.79. The number of nitrogens with one attached hydrogen (secondary N) is 1. The summed E-state index contributed by atoms with van der Waals surface area (Å²) in [6.45, 7) is 1.87. The third-order valence-electron chi connectivity index (χ3n) is 2.51. The van der Waals surface area contributed by atoms with Crippen molar-refractivity contribution in [3.05, 3.63) is 52.3 Å². The number of aromatic nitrogens is 1. The lowest BCUT2D eigenvalue weighted by Gasteiger charge is -2.09. The molecule has 0 amide bonds. The van der Waals surface area contributed by atoms with Gasteiger partial charge in [0.05, 0.1) is 16.3 Å². The summed E-state index contributed by atoms with van der Waals surface area (Å²) in [7, 11) is 0. The molecule has 92 valence electrons. The zero-order valence-electron chi connectivity index (χ0n) is 9.75. The van der Waals surface area contributed by atoms with Gasteiger partial charge in [-0.15, -0.1) is 0 Å². The average Bonchev–Trinajstić information content (AvgIpc) is 2.32. The van der Waals surface area contributed by atoms with Crippen molar-refractivity contribution in [3.8, 4) is 0 Å². The molecule has 0 saturated carbocycles. The average molecular weight is 244 g/mol. The van der Waals surface area contributed by atoms with Crippen molar-refractivity contribution in [3.63, 3.8) is 0 Å². The summed E-state index contributed by atoms with van der Waals surface area (Å²) in [5, 5.41) is 13.8. The molecule has 0 fully saturated rings. The van der Waals surface area contributed by atoms with Crippen molar-refractivity contribution in [2.45, 2.75) is 6.92 Å². The number of rotatable bonds is 3. The number of anilines is 3. The number of aryl methyl sites for hydroxylation is 1. The Labute approximate surface area is 104 Å². The van der Waals surface area contributed by atoms with Crippen LogP contribution >= 0.6 is 0 Å². The zero-order valence-corrected chi connectivity index (χ0v) is 9.75. The number of nitrogen functional groups attached to an aromatic ring is 1. The van der Waals surface area contributed by atoms with Crippen LogP contribution in [0, 0.1) is 17.0 Å². The van der Waals surface area contributed by atoms with Gasteiger partial charge in [-0.05, 0) is 31.2 Å². The largest absolute Gasteiger partial charge is 0.393 e. The molecule has 0 aliphatic rings. The molecule has 1 heterocycles. The molecule has 1 aromatic carbocycles. The fourth-order valence-corrected chi connectivity index (χ4v) is 1.57. The Morgan fingerprint density at radius 2 is 2.17 bits per heavy atom. The van der Waals surface area contributed by atoms with E-state index in [2.05, 4.69) is 10.3 Å². The van der Waals surface area contributed by atoms with E-state index < -0.39 is 4.92 Å². The first-order chi connectivity index (χ1) is 8.58. The SMILES string of the molecule is Cc1ncccc1Nc1ccc([N+](=O)[O-])c(N)c1. The van der Waals surface area contributed by atoms with Crippen LogP contribution in [-0.2, 0) is 0 Å². The lowest BCUT2D eigenvalue weighted by Crippen LogP contribution is -1.98. The molecule has 0 aliphatic carbocycles. The van der Waals surface area contributed by atoms with E-state index in [9.17, 15) is 10.1 Å². The van der Waals surface area contributed by atoms with Gasteiger partial charge in [-0.25, -0.2) is 0 Å². The van der Waals surface area contributed by atoms with E-state index in [1.165, 1.54) is 12.1 Å². The number of nitrogens with two attached hydrogens (primary N) is 1. The van der Waals surface area contributed by atoms with Crippen molar-refractivity contribution in [2.24, 2.45) is 0 Å². The van der Waals surface area contributed by atoms with Gasteiger partial charge in [-0.2, -0.15) is 0 Å². The fourth-order valence-electron chi connectivity index (χ4n) is 1.57. The van der Waals surface area contributed by atoms with Gasteiger partial charge in [0.25, 0.3) is 5.69 Å². The summed E-state index contributed by atoms with van der Waals surface area (Å²) < 4.78 is 0. The maximum Gasteiger partial charge on any atom is 0.292 e. The molecular weight excluding hydrogens is 232 g/mol. The molecule has 1 aromatic heterocycles. The van der Waals surface area contributed by atoms with Crippen molar-refractivity contribution in [1.29, 1.82) is 0 Å². The van der Waals surface area contributed by atoms with Gasteiger partial charge in [0.15, 0.2) is 0 Å². The predicted octanol–water partition coefficient (Wildman–Crippen LogP) is 2.62. The minimum atomic E-state index is -0.506. The molecule has 6 heteroatoms. The number of hydrogen-bond acceptors (Lipinski definition) is 5. The molecule has 6 nitrogen and oxygen atoms in total. The number of benzene rings is 1. The maximum atomic E-state index is 10.6. The predicted molar refractivity (Wildman–Crippen MR) is 69.8 cm³/mol. The first-order valence-corrected chi connectivity index (χ1v) is 5.30. The minimum absolute atomic E-state index is 0.0940. The van der Waals surface area contributed by atoms with E-state index in [1.807, 2.05) is 19.1 Å². The lowest BCUT2D eigenvalue weighted by atomic mass is 10.2. The summed E-state index contributed by atoms with van der Waals surface area (Å²) in [4.78, 5) is 14.3. The van der Waals surface area contributed by atoms with E-state index in [0.717, 1.165) is 11.4 Å². The summed E-state index contributed by atoms with van der Waals surface area (Å²) in [6, 6.07) is 8.21. The van der Waals surface area contributed by atoms with E-state index >= 15 is 0 Å². The molecule has 0 saturated heterocycles. The van der Waals surface area contributed by atoms with Gasteiger partial charge < -0.3 is 11.1 Å². The number of nitro benzene ring substituents is 1. The van der Waals surface area contributed by atoms with Crippen molar-refractivity contribution in [1.82, 2.24) is 4.98 Å². The van der Waals surface area contributed by atoms with Crippen LogP contribution in [0.25, 0.3) is 0 Å². The highest BCUT2D eigenvalue weighted by Gasteiger charge is 2.11. The standard InChI is InChI=1S/C12H12N4O2/c1-8-11(3-2-6-14-8)15-9-4-5-12(16(17)18)10(13)7-9/h2-7,15H,13H2,1H3. The molecule has 0 bridgehead atoms. The number of nitrogens with zero attached hydrogens (tertiary/aromatic N) is 2. The first-order valence-electron chi connectivity index (χ1n) is 5.30. The first kappa shape index (κ1) is 11.8. The Morgan fingerprint density at radius 3 is 2.78 bits per heavy atom. The number of hydrogen-bond donors (Lipinski definition) is 2. The Balaban J connectivity index is 2.29. The highest BCUT2D eigenvalue weighted by Crippen LogP contribution is 2.27. The summed E-state index contributed by atoms with van der Waals surface area (Å²) >= 11 is 0. The van der Waals surface area contributed by atoms with E-state index in [-0.39, 0.29) is 11.4 Å². The second-order valence-electron chi connectivity index (χ2n) is 3.79. The van der Waals surface area contributed by atoms with E-state index in [1.54, 1.807) is 12.3 Å². The zero-order chi connectivity index (χ0) is 13.1. The lowest BCUT2D eigenvalue weighted by molar-refractivity contribution is -0.383. The normalized spacial score (nSPS) is 10.1. The van der Waals surface area contributed by atoms with Gasteiger partial charge in [0.2, 0.25) is 0 Å².